The standard InChI is InChI=1S/C29H29N7O3.C2HF3O2/c1-3-9-39-27-8-6-20(14-32-27)29(37)36-22-10-23(36)17-34(16-22)26-7-5-19(13-31-26)25-11-24(38-4-2)18-35-28(25)21(12-30)15-33-35;3-2(4,5)1(6)7/h5-8,11,13-15,18,22-23H,3-4,9-10,16-17H2,1-2H3;(H,6,7). The fourth-order valence-corrected chi connectivity index (χ4v) is 5.45. The number of carboxylic acid groups (broad SMARTS) is 1. The molecule has 240 valence electrons. The molecule has 0 aliphatic carbocycles. The second kappa shape index (κ2) is 13.3. The number of halogens is 3. The van der Waals surface area contributed by atoms with Crippen molar-refractivity contribution < 1.29 is 37.3 Å². The van der Waals surface area contributed by atoms with Gasteiger partial charge in [-0.1, -0.05) is 6.92 Å². The molecule has 1 amide bonds. The molecular formula is C31H30F3N7O5. The number of hydrogen-bond acceptors (Lipinski definition) is 9. The van der Waals surface area contributed by atoms with Gasteiger partial charge in [0.05, 0.1) is 54.3 Å². The summed E-state index contributed by atoms with van der Waals surface area (Å²) in [5.41, 5.74) is 3.52. The van der Waals surface area contributed by atoms with Crippen molar-refractivity contribution in [1.82, 2.24) is 24.5 Å². The van der Waals surface area contributed by atoms with Gasteiger partial charge >= 0.3 is 12.1 Å². The zero-order valence-corrected chi connectivity index (χ0v) is 24.9. The predicted octanol–water partition coefficient (Wildman–Crippen LogP) is 4.59. The van der Waals surface area contributed by atoms with Gasteiger partial charge in [0.25, 0.3) is 5.91 Å². The smallest absolute Gasteiger partial charge is 0.490 e. The lowest BCUT2D eigenvalue weighted by atomic mass is 9.86. The van der Waals surface area contributed by atoms with Crippen LogP contribution in [0.25, 0.3) is 16.6 Å². The number of piperidine rings is 1. The monoisotopic (exact) mass is 637 g/mol. The number of carbonyl (C=O) groups excluding carboxylic acids is 1. The molecule has 2 unspecified atom stereocenters. The highest BCUT2D eigenvalue weighted by molar-refractivity contribution is 5.95. The molecule has 0 saturated carbocycles. The SMILES string of the molecule is CCCOc1ccc(C(=O)N2C3CC2CN(c2ccc(-c4cc(OCC)cn5ncc(C#N)c45)cn2)C3)cn1.O=C(O)C(F)(F)F. The van der Waals surface area contributed by atoms with Gasteiger partial charge < -0.3 is 24.4 Å². The zero-order valence-electron chi connectivity index (χ0n) is 24.9. The average molecular weight is 638 g/mol. The second-order valence-corrected chi connectivity index (χ2v) is 10.6. The Bertz CT molecular complexity index is 1740. The van der Waals surface area contributed by atoms with Crippen LogP contribution in [0.3, 0.4) is 0 Å². The van der Waals surface area contributed by atoms with Crippen molar-refractivity contribution >= 4 is 23.2 Å². The first-order valence-electron chi connectivity index (χ1n) is 14.5. The number of carbonyl (C=O) groups is 2. The molecule has 2 atom stereocenters. The first kappa shape index (κ1) is 32.0. The lowest BCUT2D eigenvalue weighted by molar-refractivity contribution is -0.192. The quantitative estimate of drug-likeness (QED) is 0.291. The summed E-state index contributed by atoms with van der Waals surface area (Å²) in [5.74, 6) is -0.657. The van der Waals surface area contributed by atoms with Gasteiger partial charge in [-0.05, 0) is 44.0 Å². The molecule has 46 heavy (non-hydrogen) atoms. The number of hydrogen-bond donors (Lipinski definition) is 1. The lowest BCUT2D eigenvalue weighted by Crippen LogP contribution is -2.70. The molecule has 7 rings (SSSR count). The van der Waals surface area contributed by atoms with Crippen molar-refractivity contribution in [1.29, 1.82) is 5.26 Å². The molecule has 3 aliphatic rings. The molecule has 12 nitrogen and oxygen atoms in total. The van der Waals surface area contributed by atoms with Crippen molar-refractivity contribution in [2.75, 3.05) is 31.2 Å². The number of pyridine rings is 3. The molecule has 7 heterocycles. The van der Waals surface area contributed by atoms with Crippen LogP contribution in [0.5, 0.6) is 11.6 Å². The molecule has 4 aromatic rings. The fraction of sp³-hybridized carbons (Fsp3) is 0.355. The molecule has 0 spiro atoms. The summed E-state index contributed by atoms with van der Waals surface area (Å²) in [6.45, 7) is 6.56. The molecule has 4 aromatic heterocycles. The molecule has 3 saturated heterocycles. The number of piperazine rings is 1. The zero-order chi connectivity index (χ0) is 33.0. The van der Waals surface area contributed by atoms with Crippen LogP contribution in [0.2, 0.25) is 0 Å². The van der Waals surface area contributed by atoms with E-state index in [1.54, 1.807) is 35.2 Å². The van der Waals surface area contributed by atoms with Crippen LogP contribution in [-0.2, 0) is 4.79 Å². The Hall–Kier alpha value is -5.39. The van der Waals surface area contributed by atoms with E-state index in [1.807, 2.05) is 43.1 Å². The summed E-state index contributed by atoms with van der Waals surface area (Å²) in [4.78, 5) is 35.4. The molecule has 0 aromatic carbocycles. The van der Waals surface area contributed by atoms with E-state index < -0.39 is 12.1 Å². The number of alkyl halides is 3. The number of amides is 1. The van der Waals surface area contributed by atoms with Gasteiger partial charge in [-0.2, -0.15) is 23.5 Å². The van der Waals surface area contributed by atoms with E-state index in [0.29, 0.717) is 36.0 Å². The van der Waals surface area contributed by atoms with Gasteiger partial charge in [0.2, 0.25) is 5.88 Å². The number of rotatable bonds is 8. The van der Waals surface area contributed by atoms with E-state index in [-0.39, 0.29) is 18.0 Å². The van der Waals surface area contributed by atoms with Gasteiger partial charge in [-0.3, -0.25) is 4.79 Å². The number of nitriles is 1. The van der Waals surface area contributed by atoms with Crippen molar-refractivity contribution in [3.05, 3.63) is 66.2 Å². The third-order valence-corrected chi connectivity index (χ3v) is 7.51. The summed E-state index contributed by atoms with van der Waals surface area (Å²) >= 11 is 0. The third-order valence-electron chi connectivity index (χ3n) is 7.51. The average Bonchev–Trinajstić information content (AvgIpc) is 3.47. The minimum atomic E-state index is -5.08. The maximum Gasteiger partial charge on any atom is 0.490 e. The van der Waals surface area contributed by atoms with Crippen molar-refractivity contribution in [3.63, 3.8) is 0 Å². The van der Waals surface area contributed by atoms with Crippen LogP contribution < -0.4 is 14.4 Å². The minimum Gasteiger partial charge on any atom is -0.492 e. The largest absolute Gasteiger partial charge is 0.492 e. The number of anilines is 1. The fourth-order valence-electron chi connectivity index (χ4n) is 5.45. The van der Waals surface area contributed by atoms with E-state index in [0.717, 1.165) is 48.4 Å². The lowest BCUT2D eigenvalue weighted by Gasteiger charge is -2.56. The highest BCUT2D eigenvalue weighted by Crippen LogP contribution is 2.36. The highest BCUT2D eigenvalue weighted by atomic mass is 19.4. The van der Waals surface area contributed by atoms with Gasteiger partial charge in [-0.15, -0.1) is 0 Å². The van der Waals surface area contributed by atoms with Gasteiger partial charge in [0.1, 0.15) is 17.6 Å². The summed E-state index contributed by atoms with van der Waals surface area (Å²) in [5, 5.41) is 21.0. The molecule has 2 bridgehead atoms. The van der Waals surface area contributed by atoms with Gasteiger partial charge in [0, 0.05) is 42.7 Å². The Morgan fingerprint density at radius 2 is 1.80 bits per heavy atom. The number of ether oxygens (including phenoxy) is 2. The van der Waals surface area contributed by atoms with Gasteiger partial charge in [0.15, 0.2) is 0 Å². The highest BCUT2D eigenvalue weighted by Gasteiger charge is 2.47. The maximum absolute atomic E-state index is 13.2. The molecule has 15 heteroatoms. The first-order valence-corrected chi connectivity index (χ1v) is 14.5. The normalized spacial score (nSPS) is 17.0. The Morgan fingerprint density at radius 1 is 1.07 bits per heavy atom. The number of fused-ring (bicyclic) bond motifs is 3. The van der Waals surface area contributed by atoms with Gasteiger partial charge in [-0.25, -0.2) is 19.3 Å². The third kappa shape index (κ3) is 6.65. The molecular weight excluding hydrogens is 607 g/mol. The molecule has 3 fully saturated rings. The minimum absolute atomic E-state index is 0.0149. The van der Waals surface area contributed by atoms with E-state index in [4.69, 9.17) is 24.4 Å². The van der Waals surface area contributed by atoms with E-state index in [2.05, 4.69) is 21.1 Å². The summed E-state index contributed by atoms with van der Waals surface area (Å²) in [7, 11) is 0. The Labute approximate surface area is 261 Å². The first-order chi connectivity index (χ1) is 22.0. The van der Waals surface area contributed by atoms with Crippen LogP contribution >= 0.6 is 0 Å². The van der Waals surface area contributed by atoms with E-state index >= 15 is 0 Å². The topological polar surface area (TPSA) is 146 Å². The predicted molar refractivity (Wildman–Crippen MR) is 159 cm³/mol. The number of nitrogens with zero attached hydrogens (tertiary/aromatic N) is 7. The summed E-state index contributed by atoms with van der Waals surface area (Å²) in [6.07, 6.45) is 3.59. The van der Waals surface area contributed by atoms with Crippen LogP contribution in [0.15, 0.2) is 55.1 Å². The summed E-state index contributed by atoms with van der Waals surface area (Å²) in [6, 6.07) is 12.0. The maximum atomic E-state index is 13.2. The van der Waals surface area contributed by atoms with Crippen LogP contribution in [0, 0.1) is 11.3 Å². The van der Waals surface area contributed by atoms with Crippen LogP contribution in [0.1, 0.15) is 42.6 Å². The number of carboxylic acids is 1. The summed E-state index contributed by atoms with van der Waals surface area (Å²) < 4.78 is 44.7. The van der Waals surface area contributed by atoms with Crippen molar-refractivity contribution in [2.24, 2.45) is 0 Å². The van der Waals surface area contributed by atoms with E-state index in [1.165, 1.54) is 0 Å². The Kier molecular flexibility index (Phi) is 9.26. The second-order valence-electron chi connectivity index (χ2n) is 10.6. The molecule has 3 aliphatic heterocycles. The Morgan fingerprint density at radius 3 is 2.37 bits per heavy atom. The molecule has 0 radical (unpaired) electrons. The van der Waals surface area contributed by atoms with Crippen LogP contribution in [-0.4, -0.2) is 86.0 Å². The van der Waals surface area contributed by atoms with Crippen molar-refractivity contribution in [2.45, 2.75) is 44.9 Å². The number of aliphatic carboxylic acids is 1. The number of aromatic nitrogens is 4. The van der Waals surface area contributed by atoms with E-state index in [9.17, 15) is 23.2 Å². The van der Waals surface area contributed by atoms with Crippen molar-refractivity contribution in [3.8, 4) is 28.8 Å². The molecule has 1 N–H and O–H groups in total. The Balaban J connectivity index is 0.000000537. The van der Waals surface area contributed by atoms with Crippen LogP contribution in [0.4, 0.5) is 19.0 Å².